The molecule has 1 heterocycles. The van der Waals surface area contributed by atoms with E-state index < -0.39 is 0 Å². The lowest BCUT2D eigenvalue weighted by Gasteiger charge is -2.14. The van der Waals surface area contributed by atoms with Crippen LogP contribution in [-0.4, -0.2) is 41.4 Å². The molecule has 1 aromatic carbocycles. The number of likely N-dealkylation sites (N-methyl/N-ethyl adjacent to an activating group) is 1. The van der Waals surface area contributed by atoms with Gasteiger partial charge in [-0.2, -0.15) is 5.10 Å². The van der Waals surface area contributed by atoms with Gasteiger partial charge in [0.05, 0.1) is 11.4 Å². The first-order valence-electron chi connectivity index (χ1n) is 7.63. The highest BCUT2D eigenvalue weighted by atomic mass is 15.3. The average Bonchev–Trinajstić information content (AvgIpc) is 2.79. The summed E-state index contributed by atoms with van der Waals surface area (Å²) in [7, 11) is 2.14. The summed E-state index contributed by atoms with van der Waals surface area (Å²) in [6.07, 6.45) is 0. The van der Waals surface area contributed by atoms with Crippen molar-refractivity contribution >= 4 is 0 Å². The fourth-order valence-electron chi connectivity index (χ4n) is 2.39. The van der Waals surface area contributed by atoms with Crippen LogP contribution in [0.4, 0.5) is 0 Å². The van der Waals surface area contributed by atoms with Gasteiger partial charge >= 0.3 is 0 Å². The van der Waals surface area contributed by atoms with Gasteiger partial charge in [-0.05, 0) is 39.6 Å². The molecule has 4 nitrogen and oxygen atoms in total. The molecule has 114 valence electrons. The molecule has 0 bridgehead atoms. The number of benzene rings is 1. The van der Waals surface area contributed by atoms with E-state index in [0.29, 0.717) is 0 Å². The van der Waals surface area contributed by atoms with Crippen molar-refractivity contribution in [3.8, 4) is 5.69 Å². The fourth-order valence-corrected chi connectivity index (χ4v) is 2.39. The highest BCUT2D eigenvalue weighted by Crippen LogP contribution is 2.17. The number of hydrogen-bond acceptors (Lipinski definition) is 3. The summed E-state index contributed by atoms with van der Waals surface area (Å²) in [5.74, 6) is 0. The van der Waals surface area contributed by atoms with Crippen LogP contribution in [0, 0.1) is 13.8 Å². The summed E-state index contributed by atoms with van der Waals surface area (Å²) in [4.78, 5) is 2.31. The summed E-state index contributed by atoms with van der Waals surface area (Å²) in [6.45, 7) is 10.4. The van der Waals surface area contributed by atoms with E-state index >= 15 is 0 Å². The van der Waals surface area contributed by atoms with Gasteiger partial charge in [-0.1, -0.05) is 25.1 Å². The lowest BCUT2D eigenvalue weighted by Crippen LogP contribution is -2.29. The molecule has 2 aromatic rings. The van der Waals surface area contributed by atoms with E-state index in [4.69, 9.17) is 0 Å². The van der Waals surface area contributed by atoms with Gasteiger partial charge in [0.25, 0.3) is 0 Å². The van der Waals surface area contributed by atoms with Crippen molar-refractivity contribution in [1.82, 2.24) is 20.0 Å². The maximum Gasteiger partial charge on any atom is 0.0648 e. The zero-order chi connectivity index (χ0) is 15.2. The van der Waals surface area contributed by atoms with Gasteiger partial charge in [0, 0.05) is 30.9 Å². The molecular weight excluding hydrogens is 260 g/mol. The molecule has 0 saturated carbocycles. The van der Waals surface area contributed by atoms with Crippen molar-refractivity contribution in [3.63, 3.8) is 0 Å². The Morgan fingerprint density at radius 1 is 1.19 bits per heavy atom. The normalized spacial score (nSPS) is 11.3. The van der Waals surface area contributed by atoms with Crippen molar-refractivity contribution < 1.29 is 0 Å². The van der Waals surface area contributed by atoms with Crippen LogP contribution in [0.25, 0.3) is 5.69 Å². The Hall–Kier alpha value is -1.65. The second-order valence-electron chi connectivity index (χ2n) is 5.47. The topological polar surface area (TPSA) is 33.1 Å². The van der Waals surface area contributed by atoms with E-state index in [1.807, 2.05) is 22.9 Å². The molecule has 1 aromatic heterocycles. The van der Waals surface area contributed by atoms with Crippen molar-refractivity contribution in [2.75, 3.05) is 26.7 Å². The largest absolute Gasteiger partial charge is 0.311 e. The summed E-state index contributed by atoms with van der Waals surface area (Å²) >= 11 is 0. The Morgan fingerprint density at radius 2 is 1.90 bits per heavy atom. The van der Waals surface area contributed by atoms with Crippen LogP contribution in [0.3, 0.4) is 0 Å². The van der Waals surface area contributed by atoms with Gasteiger partial charge in [0.15, 0.2) is 0 Å². The monoisotopic (exact) mass is 286 g/mol. The van der Waals surface area contributed by atoms with Crippen molar-refractivity contribution in [1.29, 1.82) is 0 Å². The lowest BCUT2D eigenvalue weighted by atomic mass is 10.2. The minimum Gasteiger partial charge on any atom is -0.311 e. The SMILES string of the molecule is CCN(C)CCNCc1c(C)nn(-c2ccccc2)c1C. The van der Waals surface area contributed by atoms with Crippen LogP contribution in [0.5, 0.6) is 0 Å². The molecule has 0 spiro atoms. The van der Waals surface area contributed by atoms with Crippen molar-refractivity contribution in [2.24, 2.45) is 0 Å². The van der Waals surface area contributed by atoms with Gasteiger partial charge in [0.2, 0.25) is 0 Å². The van der Waals surface area contributed by atoms with E-state index in [9.17, 15) is 0 Å². The van der Waals surface area contributed by atoms with E-state index in [1.165, 1.54) is 11.3 Å². The molecule has 0 unspecified atom stereocenters. The van der Waals surface area contributed by atoms with Crippen LogP contribution in [-0.2, 0) is 6.54 Å². The minimum absolute atomic E-state index is 0.877. The van der Waals surface area contributed by atoms with Gasteiger partial charge in [-0.3, -0.25) is 0 Å². The van der Waals surface area contributed by atoms with Gasteiger partial charge in [0.1, 0.15) is 0 Å². The predicted molar refractivity (Wildman–Crippen MR) is 87.9 cm³/mol. The van der Waals surface area contributed by atoms with Gasteiger partial charge in [-0.15, -0.1) is 0 Å². The summed E-state index contributed by atoms with van der Waals surface area (Å²) in [6, 6.07) is 10.3. The van der Waals surface area contributed by atoms with E-state index in [-0.39, 0.29) is 0 Å². The third-order valence-corrected chi connectivity index (χ3v) is 3.95. The third-order valence-electron chi connectivity index (χ3n) is 3.95. The Kier molecular flexibility index (Phi) is 5.53. The average molecular weight is 286 g/mol. The smallest absolute Gasteiger partial charge is 0.0648 e. The van der Waals surface area contributed by atoms with E-state index in [0.717, 1.165) is 37.6 Å². The predicted octanol–water partition coefficient (Wildman–Crippen LogP) is 2.53. The van der Waals surface area contributed by atoms with Crippen LogP contribution < -0.4 is 5.32 Å². The molecular formula is C17H26N4. The second-order valence-corrected chi connectivity index (χ2v) is 5.47. The van der Waals surface area contributed by atoms with Crippen LogP contribution in [0.15, 0.2) is 30.3 Å². The van der Waals surface area contributed by atoms with E-state index in [2.05, 4.69) is 55.3 Å². The Balaban J connectivity index is 2.03. The first-order valence-corrected chi connectivity index (χ1v) is 7.63. The molecule has 21 heavy (non-hydrogen) atoms. The maximum atomic E-state index is 4.68. The van der Waals surface area contributed by atoms with E-state index in [1.54, 1.807) is 0 Å². The van der Waals surface area contributed by atoms with Crippen molar-refractivity contribution in [3.05, 3.63) is 47.3 Å². The molecule has 0 amide bonds. The maximum absolute atomic E-state index is 4.68. The standard InChI is InChI=1S/C17H26N4/c1-5-20(4)12-11-18-13-17-14(2)19-21(15(17)3)16-9-7-6-8-10-16/h6-10,18H,5,11-13H2,1-4H3. The first-order chi connectivity index (χ1) is 10.1. The number of para-hydroxylation sites is 1. The van der Waals surface area contributed by atoms with Gasteiger partial charge in [-0.25, -0.2) is 4.68 Å². The quantitative estimate of drug-likeness (QED) is 0.794. The highest BCUT2D eigenvalue weighted by molar-refractivity contribution is 5.36. The highest BCUT2D eigenvalue weighted by Gasteiger charge is 2.12. The Morgan fingerprint density at radius 3 is 2.57 bits per heavy atom. The molecule has 2 rings (SSSR count). The summed E-state index contributed by atoms with van der Waals surface area (Å²) in [5, 5.41) is 8.20. The number of hydrogen-bond donors (Lipinski definition) is 1. The number of rotatable bonds is 7. The molecule has 0 radical (unpaired) electrons. The first kappa shape index (κ1) is 15.7. The van der Waals surface area contributed by atoms with Gasteiger partial charge < -0.3 is 10.2 Å². The molecule has 0 atom stereocenters. The molecule has 0 aliphatic heterocycles. The van der Waals surface area contributed by atoms with Crippen LogP contribution >= 0.6 is 0 Å². The molecule has 0 aliphatic rings. The third kappa shape index (κ3) is 3.93. The Bertz CT molecular complexity index is 560. The zero-order valence-corrected chi connectivity index (χ0v) is 13.6. The van der Waals surface area contributed by atoms with Crippen LogP contribution in [0.2, 0.25) is 0 Å². The Labute approximate surface area is 127 Å². The number of nitrogens with zero attached hydrogens (tertiary/aromatic N) is 3. The molecule has 4 heteroatoms. The fraction of sp³-hybridized carbons (Fsp3) is 0.471. The summed E-state index contributed by atoms with van der Waals surface area (Å²) < 4.78 is 2.03. The number of aryl methyl sites for hydroxylation is 1. The van der Waals surface area contributed by atoms with Crippen molar-refractivity contribution in [2.45, 2.75) is 27.3 Å². The summed E-state index contributed by atoms with van der Waals surface area (Å²) in [5.41, 5.74) is 4.75. The number of aromatic nitrogens is 2. The molecule has 0 saturated heterocycles. The minimum atomic E-state index is 0.877. The second kappa shape index (κ2) is 7.38. The lowest BCUT2D eigenvalue weighted by molar-refractivity contribution is 0.349. The number of nitrogens with one attached hydrogen (secondary N) is 1. The molecule has 0 fully saturated rings. The molecule has 1 N–H and O–H groups in total. The zero-order valence-electron chi connectivity index (χ0n) is 13.6. The molecule has 0 aliphatic carbocycles. The van der Waals surface area contributed by atoms with Crippen LogP contribution in [0.1, 0.15) is 23.9 Å².